The molecule has 3 amide bonds. The van der Waals surface area contributed by atoms with Crippen LogP contribution in [0.5, 0.6) is 0 Å². The number of nitrogens with one attached hydrogen (secondary N) is 2. The van der Waals surface area contributed by atoms with Gasteiger partial charge < -0.3 is 16.4 Å². The molecule has 0 aliphatic carbocycles. The molecule has 4 N–H and O–H groups in total. The minimum Gasteiger partial charge on any atom is -0.366 e. The summed E-state index contributed by atoms with van der Waals surface area (Å²) in [5.74, 6) is -2.76. The maximum atomic E-state index is 11.9. The van der Waals surface area contributed by atoms with E-state index in [2.05, 4.69) is 10.6 Å². The number of non-ortho nitro benzene ring substituents is 1. The van der Waals surface area contributed by atoms with Crippen LogP contribution in [0.2, 0.25) is 0 Å². The van der Waals surface area contributed by atoms with Crippen LogP contribution in [0.1, 0.15) is 10.4 Å². The van der Waals surface area contributed by atoms with Gasteiger partial charge in [0, 0.05) is 17.8 Å². The van der Waals surface area contributed by atoms with Crippen LogP contribution in [0.3, 0.4) is 0 Å². The molecule has 0 spiro atoms. The van der Waals surface area contributed by atoms with E-state index in [1.165, 1.54) is 36.4 Å². The van der Waals surface area contributed by atoms with Crippen molar-refractivity contribution in [1.82, 2.24) is 0 Å². The fourth-order valence-corrected chi connectivity index (χ4v) is 1.84. The number of amides is 3. The van der Waals surface area contributed by atoms with Crippen LogP contribution in [0.25, 0.3) is 0 Å². The molecule has 0 atom stereocenters. The van der Waals surface area contributed by atoms with Crippen molar-refractivity contribution in [3.05, 3.63) is 64.2 Å². The third-order valence-corrected chi connectivity index (χ3v) is 2.98. The lowest BCUT2D eigenvalue weighted by molar-refractivity contribution is -0.384. The maximum absolute atomic E-state index is 11.9. The van der Waals surface area contributed by atoms with E-state index in [0.29, 0.717) is 0 Å². The molecule has 0 aliphatic rings. The summed E-state index contributed by atoms with van der Waals surface area (Å²) < 4.78 is 0. The Balaban J connectivity index is 2.06. The Morgan fingerprint density at radius 3 is 2.08 bits per heavy atom. The first-order chi connectivity index (χ1) is 11.4. The van der Waals surface area contributed by atoms with Crippen molar-refractivity contribution in [1.29, 1.82) is 0 Å². The molecule has 0 aliphatic heterocycles. The van der Waals surface area contributed by atoms with E-state index in [-0.39, 0.29) is 22.6 Å². The highest BCUT2D eigenvalue weighted by atomic mass is 16.6. The van der Waals surface area contributed by atoms with Crippen molar-refractivity contribution in [3.8, 4) is 0 Å². The number of carbonyl (C=O) groups is 3. The van der Waals surface area contributed by atoms with Crippen LogP contribution in [0.4, 0.5) is 17.1 Å². The Kier molecular flexibility index (Phi) is 4.85. The molecule has 0 heterocycles. The van der Waals surface area contributed by atoms with E-state index in [1.54, 1.807) is 12.1 Å². The number of nitro benzene ring substituents is 1. The number of anilines is 2. The number of rotatable bonds is 4. The molecule has 0 fully saturated rings. The quantitative estimate of drug-likeness (QED) is 0.439. The molecule has 0 saturated heterocycles. The number of nitrogens with zero attached hydrogens (tertiary/aromatic N) is 1. The smallest absolute Gasteiger partial charge is 0.314 e. The van der Waals surface area contributed by atoms with Gasteiger partial charge >= 0.3 is 11.8 Å². The van der Waals surface area contributed by atoms with Crippen molar-refractivity contribution >= 4 is 34.8 Å². The second-order valence-corrected chi connectivity index (χ2v) is 4.62. The third kappa shape index (κ3) is 3.91. The Morgan fingerprint density at radius 1 is 0.917 bits per heavy atom. The molecule has 2 aromatic carbocycles. The number of para-hydroxylation sites is 1. The number of benzene rings is 2. The number of hydrogen-bond donors (Lipinski definition) is 3. The molecule has 24 heavy (non-hydrogen) atoms. The SMILES string of the molecule is NC(=O)c1ccccc1NC(=O)C(=O)Nc1ccc([N+](=O)[O-])cc1. The summed E-state index contributed by atoms with van der Waals surface area (Å²) in [6.45, 7) is 0. The largest absolute Gasteiger partial charge is 0.366 e. The second-order valence-electron chi connectivity index (χ2n) is 4.62. The van der Waals surface area contributed by atoms with Gasteiger partial charge in [0.1, 0.15) is 0 Å². The van der Waals surface area contributed by atoms with Crippen LogP contribution in [0.15, 0.2) is 48.5 Å². The molecular formula is C15H12N4O5. The monoisotopic (exact) mass is 328 g/mol. The van der Waals surface area contributed by atoms with Gasteiger partial charge in [0.05, 0.1) is 16.2 Å². The van der Waals surface area contributed by atoms with E-state index < -0.39 is 22.6 Å². The minimum atomic E-state index is -1.01. The van der Waals surface area contributed by atoms with Crippen LogP contribution < -0.4 is 16.4 Å². The van der Waals surface area contributed by atoms with E-state index in [9.17, 15) is 24.5 Å². The van der Waals surface area contributed by atoms with E-state index in [0.717, 1.165) is 0 Å². The number of nitrogens with two attached hydrogens (primary N) is 1. The standard InChI is InChI=1S/C15H12N4O5/c16-13(20)11-3-1-2-4-12(11)18-15(22)14(21)17-9-5-7-10(8-6-9)19(23)24/h1-8H,(H2,16,20)(H,17,21)(H,18,22). The van der Waals surface area contributed by atoms with Gasteiger partial charge in [-0.15, -0.1) is 0 Å². The zero-order valence-corrected chi connectivity index (χ0v) is 12.2. The predicted molar refractivity (Wildman–Crippen MR) is 85.3 cm³/mol. The van der Waals surface area contributed by atoms with Gasteiger partial charge in [-0.3, -0.25) is 24.5 Å². The zero-order valence-electron chi connectivity index (χ0n) is 12.2. The molecule has 9 heteroatoms. The summed E-state index contributed by atoms with van der Waals surface area (Å²) in [5.41, 5.74) is 5.42. The molecule has 2 rings (SSSR count). The van der Waals surface area contributed by atoms with Gasteiger partial charge in [-0.1, -0.05) is 12.1 Å². The molecule has 0 radical (unpaired) electrons. The summed E-state index contributed by atoms with van der Waals surface area (Å²) in [5, 5.41) is 15.1. The highest BCUT2D eigenvalue weighted by molar-refractivity contribution is 6.44. The highest BCUT2D eigenvalue weighted by Crippen LogP contribution is 2.16. The average Bonchev–Trinajstić information content (AvgIpc) is 2.55. The molecule has 2 aromatic rings. The average molecular weight is 328 g/mol. The van der Waals surface area contributed by atoms with Crippen LogP contribution >= 0.6 is 0 Å². The lowest BCUT2D eigenvalue weighted by Gasteiger charge is -2.09. The lowest BCUT2D eigenvalue weighted by Crippen LogP contribution is -2.30. The van der Waals surface area contributed by atoms with Gasteiger partial charge in [-0.05, 0) is 24.3 Å². The van der Waals surface area contributed by atoms with Crippen molar-refractivity contribution < 1.29 is 19.3 Å². The third-order valence-electron chi connectivity index (χ3n) is 2.98. The normalized spacial score (nSPS) is 9.83. The Labute approximate surface area is 135 Å². The first-order valence-electron chi connectivity index (χ1n) is 6.64. The van der Waals surface area contributed by atoms with Gasteiger partial charge in [0.2, 0.25) is 0 Å². The van der Waals surface area contributed by atoms with Crippen LogP contribution in [0, 0.1) is 10.1 Å². The zero-order chi connectivity index (χ0) is 17.7. The first kappa shape index (κ1) is 16.6. The lowest BCUT2D eigenvalue weighted by atomic mass is 10.1. The summed E-state index contributed by atoms with van der Waals surface area (Å²) in [6, 6.07) is 10.9. The molecule has 0 bridgehead atoms. The van der Waals surface area contributed by atoms with Crippen LogP contribution in [-0.2, 0) is 9.59 Å². The molecule has 9 nitrogen and oxygen atoms in total. The topological polar surface area (TPSA) is 144 Å². The molecular weight excluding hydrogens is 316 g/mol. The summed E-state index contributed by atoms with van der Waals surface area (Å²) >= 11 is 0. The van der Waals surface area contributed by atoms with Crippen molar-refractivity contribution in [2.45, 2.75) is 0 Å². The molecule has 0 unspecified atom stereocenters. The minimum absolute atomic E-state index is 0.0639. The number of primary amides is 1. The summed E-state index contributed by atoms with van der Waals surface area (Å²) in [4.78, 5) is 45.0. The molecule has 0 saturated carbocycles. The first-order valence-corrected chi connectivity index (χ1v) is 6.64. The molecule has 0 aromatic heterocycles. The van der Waals surface area contributed by atoms with Crippen molar-refractivity contribution in [2.75, 3.05) is 10.6 Å². The molecule has 122 valence electrons. The second kappa shape index (κ2) is 7.01. The van der Waals surface area contributed by atoms with Gasteiger partial charge in [0.25, 0.3) is 11.6 Å². The summed E-state index contributed by atoms with van der Waals surface area (Å²) in [6.07, 6.45) is 0. The number of carbonyl (C=O) groups excluding carboxylic acids is 3. The summed E-state index contributed by atoms with van der Waals surface area (Å²) in [7, 11) is 0. The number of hydrogen-bond acceptors (Lipinski definition) is 5. The Hall–Kier alpha value is -3.75. The Bertz CT molecular complexity index is 817. The van der Waals surface area contributed by atoms with E-state index in [4.69, 9.17) is 5.73 Å². The van der Waals surface area contributed by atoms with Crippen LogP contribution in [-0.4, -0.2) is 22.6 Å². The van der Waals surface area contributed by atoms with Crippen molar-refractivity contribution in [2.24, 2.45) is 5.73 Å². The maximum Gasteiger partial charge on any atom is 0.314 e. The van der Waals surface area contributed by atoms with Gasteiger partial charge in [0.15, 0.2) is 0 Å². The fourth-order valence-electron chi connectivity index (χ4n) is 1.84. The van der Waals surface area contributed by atoms with Gasteiger partial charge in [-0.2, -0.15) is 0 Å². The van der Waals surface area contributed by atoms with Gasteiger partial charge in [-0.25, -0.2) is 0 Å². The van der Waals surface area contributed by atoms with E-state index in [1.807, 2.05) is 0 Å². The van der Waals surface area contributed by atoms with E-state index >= 15 is 0 Å². The fraction of sp³-hybridized carbons (Fsp3) is 0. The highest BCUT2D eigenvalue weighted by Gasteiger charge is 2.17. The predicted octanol–water partition coefficient (Wildman–Crippen LogP) is 1.27. The van der Waals surface area contributed by atoms with Crippen molar-refractivity contribution in [3.63, 3.8) is 0 Å². The Morgan fingerprint density at radius 2 is 1.50 bits per heavy atom. The number of nitro groups is 1.